The maximum absolute atomic E-state index is 11.9. The summed E-state index contributed by atoms with van der Waals surface area (Å²) in [6, 6.07) is 11.3. The van der Waals surface area contributed by atoms with E-state index in [1.54, 1.807) is 6.07 Å². The van der Waals surface area contributed by atoms with E-state index in [-0.39, 0.29) is 24.3 Å². The fraction of sp³-hybridized carbons (Fsp3) is 0.250. The number of benzene rings is 1. The number of rotatable bonds is 6. The molecule has 0 bridgehead atoms. The van der Waals surface area contributed by atoms with E-state index in [0.717, 1.165) is 10.0 Å². The van der Waals surface area contributed by atoms with Crippen LogP contribution in [0, 0.1) is 0 Å². The molecule has 4 nitrogen and oxygen atoms in total. The van der Waals surface area contributed by atoms with Crippen LogP contribution in [0.25, 0.3) is 0 Å². The average molecular weight is 381 g/mol. The standard InChI is InChI=1S/C16H17BrN2O2S/c1-11(12-5-2-3-6-13(12)17)19-15(20)8-9-18-16(21)14-7-4-10-22-14/h2-7,10-11H,8-9H2,1H3,(H,18,21)(H,19,20). The van der Waals surface area contributed by atoms with E-state index >= 15 is 0 Å². The first-order valence-corrected chi connectivity index (χ1v) is 8.60. The molecule has 1 atom stereocenters. The van der Waals surface area contributed by atoms with Gasteiger partial charge in [0.05, 0.1) is 10.9 Å². The molecule has 1 aromatic carbocycles. The average Bonchev–Trinajstić information content (AvgIpc) is 3.01. The number of hydrogen-bond acceptors (Lipinski definition) is 3. The lowest BCUT2D eigenvalue weighted by atomic mass is 10.1. The van der Waals surface area contributed by atoms with Crippen molar-refractivity contribution in [3.63, 3.8) is 0 Å². The van der Waals surface area contributed by atoms with Gasteiger partial charge in [-0.3, -0.25) is 9.59 Å². The second kappa shape index (κ2) is 8.10. The minimum atomic E-state index is -0.137. The Hall–Kier alpha value is -1.66. The quantitative estimate of drug-likeness (QED) is 0.805. The predicted molar refractivity (Wildman–Crippen MR) is 92.0 cm³/mol. The van der Waals surface area contributed by atoms with E-state index in [9.17, 15) is 9.59 Å². The molecular formula is C16H17BrN2O2S. The molecule has 0 fully saturated rings. The molecule has 116 valence electrons. The molecule has 1 aromatic heterocycles. The Labute approximate surface area is 142 Å². The molecule has 22 heavy (non-hydrogen) atoms. The minimum absolute atomic E-state index is 0.0870. The predicted octanol–water partition coefficient (Wildman–Crippen LogP) is 3.51. The topological polar surface area (TPSA) is 58.2 Å². The van der Waals surface area contributed by atoms with Gasteiger partial charge in [-0.2, -0.15) is 0 Å². The van der Waals surface area contributed by atoms with E-state index < -0.39 is 0 Å². The molecule has 0 spiro atoms. The number of amides is 2. The third kappa shape index (κ3) is 4.68. The Kier molecular flexibility index (Phi) is 6.15. The highest BCUT2D eigenvalue weighted by Gasteiger charge is 2.12. The monoisotopic (exact) mass is 380 g/mol. The Morgan fingerprint density at radius 2 is 2.00 bits per heavy atom. The van der Waals surface area contributed by atoms with Crippen LogP contribution < -0.4 is 10.6 Å². The van der Waals surface area contributed by atoms with Crippen LogP contribution in [0.3, 0.4) is 0 Å². The number of halogens is 1. The van der Waals surface area contributed by atoms with Crippen molar-refractivity contribution >= 4 is 39.1 Å². The molecule has 0 aliphatic rings. The lowest BCUT2D eigenvalue weighted by Crippen LogP contribution is -2.31. The lowest BCUT2D eigenvalue weighted by Gasteiger charge is -2.16. The number of carbonyl (C=O) groups is 2. The summed E-state index contributed by atoms with van der Waals surface area (Å²) in [5.41, 5.74) is 1.03. The van der Waals surface area contributed by atoms with E-state index in [2.05, 4.69) is 26.6 Å². The Balaban J connectivity index is 1.76. The van der Waals surface area contributed by atoms with Crippen molar-refractivity contribution in [3.8, 4) is 0 Å². The second-order valence-electron chi connectivity index (χ2n) is 4.79. The summed E-state index contributed by atoms with van der Waals surface area (Å²) in [5, 5.41) is 7.52. The maximum atomic E-state index is 11.9. The van der Waals surface area contributed by atoms with Gasteiger partial charge in [-0.05, 0) is 30.0 Å². The van der Waals surface area contributed by atoms with Crippen molar-refractivity contribution in [1.82, 2.24) is 10.6 Å². The smallest absolute Gasteiger partial charge is 0.261 e. The first-order valence-electron chi connectivity index (χ1n) is 6.93. The van der Waals surface area contributed by atoms with Gasteiger partial charge in [0.1, 0.15) is 0 Å². The fourth-order valence-electron chi connectivity index (χ4n) is 2.00. The van der Waals surface area contributed by atoms with Gasteiger partial charge in [-0.15, -0.1) is 11.3 Å². The molecule has 0 saturated carbocycles. The van der Waals surface area contributed by atoms with Gasteiger partial charge in [0.15, 0.2) is 0 Å². The number of nitrogens with one attached hydrogen (secondary N) is 2. The number of thiophene rings is 1. The normalized spacial score (nSPS) is 11.7. The van der Waals surface area contributed by atoms with Gasteiger partial charge in [0, 0.05) is 17.4 Å². The molecule has 1 unspecified atom stereocenters. The Morgan fingerprint density at radius 1 is 1.23 bits per heavy atom. The van der Waals surface area contributed by atoms with Crippen molar-refractivity contribution in [2.75, 3.05) is 6.54 Å². The molecule has 0 radical (unpaired) electrons. The van der Waals surface area contributed by atoms with Crippen molar-refractivity contribution in [2.45, 2.75) is 19.4 Å². The molecule has 1 heterocycles. The molecule has 2 amide bonds. The van der Waals surface area contributed by atoms with Gasteiger partial charge in [0.2, 0.25) is 5.91 Å². The third-order valence-electron chi connectivity index (χ3n) is 3.13. The molecule has 2 aromatic rings. The largest absolute Gasteiger partial charge is 0.351 e. The van der Waals surface area contributed by atoms with Crippen LogP contribution in [0.15, 0.2) is 46.3 Å². The first kappa shape index (κ1) is 16.7. The molecule has 0 aliphatic heterocycles. The van der Waals surface area contributed by atoms with Gasteiger partial charge in [-0.1, -0.05) is 40.2 Å². The summed E-state index contributed by atoms with van der Waals surface area (Å²) in [6.07, 6.45) is 0.256. The highest BCUT2D eigenvalue weighted by Crippen LogP contribution is 2.22. The third-order valence-corrected chi connectivity index (χ3v) is 4.72. The van der Waals surface area contributed by atoms with E-state index in [4.69, 9.17) is 0 Å². The van der Waals surface area contributed by atoms with Crippen LogP contribution in [0.2, 0.25) is 0 Å². The van der Waals surface area contributed by atoms with Gasteiger partial charge >= 0.3 is 0 Å². The number of carbonyl (C=O) groups excluding carboxylic acids is 2. The van der Waals surface area contributed by atoms with Crippen molar-refractivity contribution in [2.24, 2.45) is 0 Å². The molecule has 0 aliphatic carbocycles. The second-order valence-corrected chi connectivity index (χ2v) is 6.60. The summed E-state index contributed by atoms with van der Waals surface area (Å²) in [4.78, 5) is 24.3. The molecular weight excluding hydrogens is 364 g/mol. The minimum Gasteiger partial charge on any atom is -0.351 e. The SMILES string of the molecule is CC(NC(=O)CCNC(=O)c1cccs1)c1ccccc1Br. The maximum Gasteiger partial charge on any atom is 0.261 e. The first-order chi connectivity index (χ1) is 10.6. The van der Waals surface area contributed by atoms with E-state index in [1.807, 2.05) is 42.6 Å². The lowest BCUT2D eigenvalue weighted by molar-refractivity contribution is -0.121. The van der Waals surface area contributed by atoms with Gasteiger partial charge in [0.25, 0.3) is 5.91 Å². The highest BCUT2D eigenvalue weighted by molar-refractivity contribution is 9.10. The van der Waals surface area contributed by atoms with Crippen molar-refractivity contribution < 1.29 is 9.59 Å². The summed E-state index contributed by atoms with van der Waals surface area (Å²) in [6.45, 7) is 2.26. The summed E-state index contributed by atoms with van der Waals surface area (Å²) in [7, 11) is 0. The van der Waals surface area contributed by atoms with Crippen LogP contribution in [-0.4, -0.2) is 18.4 Å². The number of hydrogen-bond donors (Lipinski definition) is 2. The van der Waals surface area contributed by atoms with E-state index in [0.29, 0.717) is 11.4 Å². The zero-order valence-electron chi connectivity index (χ0n) is 12.1. The fourth-order valence-corrected chi connectivity index (χ4v) is 3.27. The van der Waals surface area contributed by atoms with Gasteiger partial charge in [-0.25, -0.2) is 0 Å². The van der Waals surface area contributed by atoms with Crippen LogP contribution in [0.4, 0.5) is 0 Å². The Morgan fingerprint density at radius 3 is 2.68 bits per heavy atom. The molecule has 6 heteroatoms. The summed E-state index contributed by atoms with van der Waals surface area (Å²) in [5.74, 6) is -0.226. The van der Waals surface area contributed by atoms with Crippen LogP contribution in [-0.2, 0) is 4.79 Å². The molecule has 2 N–H and O–H groups in total. The van der Waals surface area contributed by atoms with Crippen LogP contribution in [0.5, 0.6) is 0 Å². The summed E-state index contributed by atoms with van der Waals surface area (Å²) >= 11 is 4.86. The molecule has 2 rings (SSSR count). The Bertz CT molecular complexity index is 643. The zero-order chi connectivity index (χ0) is 15.9. The molecule has 0 saturated heterocycles. The van der Waals surface area contributed by atoms with Crippen LogP contribution >= 0.6 is 27.3 Å². The van der Waals surface area contributed by atoms with Gasteiger partial charge < -0.3 is 10.6 Å². The van der Waals surface area contributed by atoms with Crippen LogP contribution in [0.1, 0.15) is 34.6 Å². The van der Waals surface area contributed by atoms with Crippen molar-refractivity contribution in [1.29, 1.82) is 0 Å². The zero-order valence-corrected chi connectivity index (χ0v) is 14.5. The highest BCUT2D eigenvalue weighted by atomic mass is 79.9. The van der Waals surface area contributed by atoms with Crippen molar-refractivity contribution in [3.05, 3.63) is 56.7 Å². The summed E-state index contributed by atoms with van der Waals surface area (Å²) < 4.78 is 0.966. The van der Waals surface area contributed by atoms with E-state index in [1.165, 1.54) is 11.3 Å².